The average molecular weight is 330 g/mol. The average Bonchev–Trinajstić information content (AvgIpc) is 2.54. The zero-order valence-electron chi connectivity index (χ0n) is 13.8. The van der Waals surface area contributed by atoms with Crippen LogP contribution in [0.2, 0.25) is 0 Å². The highest BCUT2D eigenvalue weighted by Gasteiger charge is 2.30. The molecule has 122 valence electrons. The van der Waals surface area contributed by atoms with Crippen molar-refractivity contribution < 1.29 is 9.47 Å². The standard InChI is InChI=1S/C18H22N2O2S/c1-18(2)11-15-14(12-22-18)17(23-10-9-21-3)20-16(19-15)13-7-5-4-6-8-13/h4-8H,9-12H2,1-3H3. The van der Waals surface area contributed by atoms with Crippen LogP contribution in [0, 0.1) is 0 Å². The van der Waals surface area contributed by atoms with Crippen molar-refractivity contribution in [3.05, 3.63) is 41.6 Å². The molecule has 2 heterocycles. The van der Waals surface area contributed by atoms with E-state index in [0.29, 0.717) is 13.2 Å². The Bertz CT molecular complexity index is 674. The Hall–Kier alpha value is -1.43. The van der Waals surface area contributed by atoms with Gasteiger partial charge in [-0.05, 0) is 13.8 Å². The maximum absolute atomic E-state index is 5.96. The second-order valence-corrected chi connectivity index (χ2v) is 7.29. The van der Waals surface area contributed by atoms with Gasteiger partial charge in [0.1, 0.15) is 5.03 Å². The first kappa shape index (κ1) is 16.4. The smallest absolute Gasteiger partial charge is 0.160 e. The lowest BCUT2D eigenvalue weighted by Gasteiger charge is -2.32. The molecule has 0 unspecified atom stereocenters. The van der Waals surface area contributed by atoms with Crippen LogP contribution in [0.3, 0.4) is 0 Å². The molecule has 0 fully saturated rings. The SMILES string of the molecule is COCCSc1nc(-c2ccccc2)nc2c1COC(C)(C)C2. The molecule has 0 saturated heterocycles. The van der Waals surface area contributed by atoms with Gasteiger partial charge in [0, 0.05) is 30.4 Å². The fourth-order valence-corrected chi connectivity index (χ4v) is 3.52. The van der Waals surface area contributed by atoms with E-state index in [4.69, 9.17) is 19.4 Å². The zero-order chi connectivity index (χ0) is 16.3. The molecule has 1 aliphatic heterocycles. The molecule has 3 rings (SSSR count). The van der Waals surface area contributed by atoms with Gasteiger partial charge in [0.15, 0.2) is 5.82 Å². The van der Waals surface area contributed by atoms with Crippen molar-refractivity contribution in [1.29, 1.82) is 0 Å². The second-order valence-electron chi connectivity index (χ2n) is 6.21. The summed E-state index contributed by atoms with van der Waals surface area (Å²) >= 11 is 1.71. The van der Waals surface area contributed by atoms with Gasteiger partial charge >= 0.3 is 0 Å². The molecule has 0 saturated carbocycles. The maximum atomic E-state index is 5.96. The van der Waals surface area contributed by atoms with Gasteiger partial charge in [0.2, 0.25) is 0 Å². The molecule has 4 nitrogen and oxygen atoms in total. The van der Waals surface area contributed by atoms with Gasteiger partial charge < -0.3 is 9.47 Å². The normalized spacial score (nSPS) is 16.1. The van der Waals surface area contributed by atoms with Crippen molar-refractivity contribution in [1.82, 2.24) is 9.97 Å². The highest BCUT2D eigenvalue weighted by molar-refractivity contribution is 7.99. The molecule has 1 aromatic carbocycles. The van der Waals surface area contributed by atoms with E-state index in [0.717, 1.165) is 39.8 Å². The van der Waals surface area contributed by atoms with E-state index >= 15 is 0 Å². The van der Waals surface area contributed by atoms with Crippen molar-refractivity contribution in [2.75, 3.05) is 19.5 Å². The quantitative estimate of drug-likeness (QED) is 0.475. The molecule has 1 aliphatic rings. The minimum absolute atomic E-state index is 0.177. The van der Waals surface area contributed by atoms with Gasteiger partial charge in [-0.2, -0.15) is 0 Å². The first-order valence-electron chi connectivity index (χ1n) is 7.80. The molecule has 0 aliphatic carbocycles. The number of methoxy groups -OCH3 is 1. The number of thioether (sulfide) groups is 1. The van der Waals surface area contributed by atoms with Crippen LogP contribution < -0.4 is 0 Å². The number of hydrogen-bond donors (Lipinski definition) is 0. The molecular weight excluding hydrogens is 308 g/mol. The van der Waals surface area contributed by atoms with Crippen LogP contribution in [-0.2, 0) is 22.5 Å². The van der Waals surface area contributed by atoms with E-state index in [1.165, 1.54) is 0 Å². The molecule has 0 atom stereocenters. The molecule has 1 aromatic heterocycles. The fraction of sp³-hybridized carbons (Fsp3) is 0.444. The third-order valence-electron chi connectivity index (χ3n) is 3.81. The predicted molar refractivity (Wildman–Crippen MR) is 92.6 cm³/mol. The van der Waals surface area contributed by atoms with Crippen LogP contribution in [0.25, 0.3) is 11.4 Å². The Morgan fingerprint density at radius 2 is 2.00 bits per heavy atom. The Morgan fingerprint density at radius 3 is 2.74 bits per heavy atom. The van der Waals surface area contributed by atoms with E-state index in [1.807, 2.05) is 18.2 Å². The van der Waals surface area contributed by atoms with Crippen molar-refractivity contribution in [3.63, 3.8) is 0 Å². The number of rotatable bonds is 5. The molecule has 5 heteroatoms. The molecule has 0 N–H and O–H groups in total. The summed E-state index contributed by atoms with van der Waals surface area (Å²) in [6, 6.07) is 10.1. The van der Waals surface area contributed by atoms with E-state index in [9.17, 15) is 0 Å². The Morgan fingerprint density at radius 1 is 1.22 bits per heavy atom. The van der Waals surface area contributed by atoms with E-state index in [-0.39, 0.29) is 5.60 Å². The lowest BCUT2D eigenvalue weighted by molar-refractivity contribution is -0.0428. The number of nitrogens with zero attached hydrogens (tertiary/aromatic N) is 2. The summed E-state index contributed by atoms with van der Waals surface area (Å²) in [4.78, 5) is 9.62. The van der Waals surface area contributed by atoms with Crippen molar-refractivity contribution in [2.45, 2.75) is 37.5 Å². The number of aromatic nitrogens is 2. The van der Waals surface area contributed by atoms with Gasteiger partial charge in [-0.1, -0.05) is 30.3 Å². The first-order chi connectivity index (χ1) is 11.1. The topological polar surface area (TPSA) is 44.2 Å². The predicted octanol–water partition coefficient (Wildman–Crippen LogP) is 3.73. The van der Waals surface area contributed by atoms with Gasteiger partial charge in [-0.15, -0.1) is 11.8 Å². The molecular formula is C18H22N2O2S. The van der Waals surface area contributed by atoms with Crippen molar-refractivity contribution in [2.24, 2.45) is 0 Å². The minimum atomic E-state index is -0.177. The van der Waals surface area contributed by atoms with E-state index in [2.05, 4.69) is 26.0 Å². The second kappa shape index (κ2) is 6.99. The van der Waals surface area contributed by atoms with Crippen LogP contribution in [0.5, 0.6) is 0 Å². The summed E-state index contributed by atoms with van der Waals surface area (Å²) in [6.07, 6.45) is 0.808. The Labute approximate surface area is 141 Å². The van der Waals surface area contributed by atoms with Crippen molar-refractivity contribution in [3.8, 4) is 11.4 Å². The van der Waals surface area contributed by atoms with Gasteiger partial charge in [0.25, 0.3) is 0 Å². The summed E-state index contributed by atoms with van der Waals surface area (Å²) in [6.45, 7) is 5.50. The largest absolute Gasteiger partial charge is 0.384 e. The summed E-state index contributed by atoms with van der Waals surface area (Å²) in [5.41, 5.74) is 3.11. The molecule has 2 aromatic rings. The van der Waals surface area contributed by atoms with E-state index < -0.39 is 0 Å². The van der Waals surface area contributed by atoms with Crippen LogP contribution in [0.4, 0.5) is 0 Å². The highest BCUT2D eigenvalue weighted by Crippen LogP contribution is 2.33. The fourth-order valence-electron chi connectivity index (χ4n) is 2.58. The summed E-state index contributed by atoms with van der Waals surface area (Å²) in [5, 5.41) is 1.02. The summed E-state index contributed by atoms with van der Waals surface area (Å²) in [7, 11) is 1.72. The first-order valence-corrected chi connectivity index (χ1v) is 8.78. The number of hydrogen-bond acceptors (Lipinski definition) is 5. The zero-order valence-corrected chi connectivity index (χ0v) is 14.7. The van der Waals surface area contributed by atoms with E-state index in [1.54, 1.807) is 18.9 Å². The Kier molecular flexibility index (Phi) is 4.99. The lowest BCUT2D eigenvalue weighted by Crippen LogP contribution is -2.33. The van der Waals surface area contributed by atoms with Gasteiger partial charge in [0.05, 0.1) is 24.5 Å². The molecule has 0 amide bonds. The molecule has 23 heavy (non-hydrogen) atoms. The summed E-state index contributed by atoms with van der Waals surface area (Å²) < 4.78 is 11.1. The highest BCUT2D eigenvalue weighted by atomic mass is 32.2. The number of fused-ring (bicyclic) bond motifs is 1. The monoisotopic (exact) mass is 330 g/mol. The van der Waals surface area contributed by atoms with Crippen LogP contribution in [0.15, 0.2) is 35.4 Å². The Balaban J connectivity index is 2.00. The van der Waals surface area contributed by atoms with Crippen molar-refractivity contribution >= 4 is 11.8 Å². The van der Waals surface area contributed by atoms with Gasteiger partial charge in [-0.3, -0.25) is 0 Å². The molecule has 0 radical (unpaired) electrons. The van der Waals surface area contributed by atoms with Gasteiger partial charge in [-0.25, -0.2) is 9.97 Å². The molecule has 0 bridgehead atoms. The minimum Gasteiger partial charge on any atom is -0.384 e. The van der Waals surface area contributed by atoms with Crippen LogP contribution >= 0.6 is 11.8 Å². The molecule has 0 spiro atoms. The summed E-state index contributed by atoms with van der Waals surface area (Å²) in [5.74, 6) is 1.67. The number of ether oxygens (including phenoxy) is 2. The number of benzene rings is 1. The van der Waals surface area contributed by atoms with Crippen LogP contribution in [-0.4, -0.2) is 35.0 Å². The third kappa shape index (κ3) is 3.91. The van der Waals surface area contributed by atoms with Crippen LogP contribution in [0.1, 0.15) is 25.1 Å². The maximum Gasteiger partial charge on any atom is 0.160 e. The lowest BCUT2D eigenvalue weighted by atomic mass is 9.96. The third-order valence-corrected chi connectivity index (χ3v) is 4.80.